The predicted molar refractivity (Wildman–Crippen MR) is 124 cm³/mol. The molecule has 2 aromatic carbocycles. The highest BCUT2D eigenvalue weighted by Crippen LogP contribution is 2.40. The van der Waals surface area contributed by atoms with E-state index in [9.17, 15) is 49.1 Å². The van der Waals surface area contributed by atoms with Gasteiger partial charge in [0.05, 0.1) is 17.0 Å². The normalized spacial score (nSPS) is 16.2. The Hall–Kier alpha value is -3.22. The van der Waals surface area contributed by atoms with Gasteiger partial charge in [-0.2, -0.15) is 39.5 Å². The number of alkyl halides is 9. The first-order chi connectivity index (χ1) is 17.8. The molecule has 1 fully saturated rings. The van der Waals surface area contributed by atoms with E-state index in [1.807, 2.05) is 0 Å². The Morgan fingerprint density at radius 1 is 1.00 bits per heavy atom. The Balaban J connectivity index is 1.88. The van der Waals surface area contributed by atoms with Gasteiger partial charge >= 0.3 is 18.5 Å². The van der Waals surface area contributed by atoms with Gasteiger partial charge in [0.15, 0.2) is 0 Å². The van der Waals surface area contributed by atoms with E-state index in [2.05, 4.69) is 5.32 Å². The summed E-state index contributed by atoms with van der Waals surface area (Å²) in [6.45, 7) is -0.194. The van der Waals surface area contributed by atoms with Gasteiger partial charge in [-0.05, 0) is 54.7 Å². The number of allylic oxidation sites excluding steroid dienone is 1. The first-order valence-corrected chi connectivity index (χ1v) is 11.6. The number of hydrogen-bond acceptors (Lipinski definition) is 2. The fourth-order valence-electron chi connectivity index (χ4n) is 3.74. The van der Waals surface area contributed by atoms with Crippen LogP contribution in [0.5, 0.6) is 0 Å². The minimum atomic E-state index is -5.12. The molecule has 0 bridgehead atoms. The molecule has 39 heavy (non-hydrogen) atoms. The van der Waals surface area contributed by atoms with E-state index in [-0.39, 0.29) is 29.0 Å². The van der Waals surface area contributed by atoms with Crippen molar-refractivity contribution >= 4 is 29.5 Å². The van der Waals surface area contributed by atoms with Crippen molar-refractivity contribution in [2.75, 3.05) is 6.54 Å². The van der Waals surface area contributed by atoms with Crippen molar-refractivity contribution < 1.29 is 49.1 Å². The molecule has 212 valence electrons. The van der Waals surface area contributed by atoms with Crippen molar-refractivity contribution in [2.45, 2.75) is 49.8 Å². The average Bonchev–Trinajstić information content (AvgIpc) is 3.58. The van der Waals surface area contributed by atoms with Crippen LogP contribution in [0.15, 0.2) is 42.5 Å². The number of carbonyl (C=O) groups is 2. The Kier molecular flexibility index (Phi) is 8.35. The summed E-state index contributed by atoms with van der Waals surface area (Å²) in [6.07, 6.45) is -13.3. The monoisotopic (exact) mass is 586 g/mol. The molecule has 2 amide bonds. The van der Waals surface area contributed by atoms with E-state index in [4.69, 9.17) is 11.6 Å². The number of hydrogen-bond donors (Lipinski definition) is 2. The average molecular weight is 587 g/mol. The highest BCUT2D eigenvalue weighted by molar-refractivity contribution is 6.31. The van der Waals surface area contributed by atoms with E-state index in [0.29, 0.717) is 17.7 Å². The van der Waals surface area contributed by atoms with Gasteiger partial charge in [-0.1, -0.05) is 42.0 Å². The van der Waals surface area contributed by atoms with Gasteiger partial charge in [0.2, 0.25) is 5.91 Å². The van der Waals surface area contributed by atoms with Crippen LogP contribution < -0.4 is 10.6 Å². The van der Waals surface area contributed by atoms with E-state index >= 15 is 0 Å². The van der Waals surface area contributed by atoms with Gasteiger partial charge in [-0.25, -0.2) is 0 Å². The number of carbonyl (C=O) groups excluding carboxylic acids is 2. The van der Waals surface area contributed by atoms with Gasteiger partial charge in [0, 0.05) is 5.02 Å². The smallest absolute Gasteiger partial charge is 0.345 e. The zero-order chi connectivity index (χ0) is 29.4. The summed E-state index contributed by atoms with van der Waals surface area (Å²) in [5.74, 6) is -4.74. The second-order valence-electron chi connectivity index (χ2n) is 9.02. The van der Waals surface area contributed by atoms with Crippen LogP contribution in [0, 0.1) is 6.92 Å². The molecule has 2 N–H and O–H groups in total. The lowest BCUT2D eigenvalue weighted by Crippen LogP contribution is -2.51. The maximum atomic E-state index is 13.8. The summed E-state index contributed by atoms with van der Waals surface area (Å²) in [4.78, 5) is 24.7. The third-order valence-corrected chi connectivity index (χ3v) is 6.38. The third kappa shape index (κ3) is 7.68. The molecule has 0 spiro atoms. The molecule has 3 rings (SSSR count). The highest BCUT2D eigenvalue weighted by Gasteiger charge is 2.52. The van der Waals surface area contributed by atoms with Crippen molar-refractivity contribution in [3.63, 3.8) is 0 Å². The highest BCUT2D eigenvalue weighted by atomic mass is 35.5. The quantitative estimate of drug-likeness (QED) is 0.345. The Bertz CT molecular complexity index is 1280. The number of rotatable bonds is 7. The lowest BCUT2D eigenvalue weighted by Gasteiger charge is -2.20. The minimum absolute atomic E-state index is 0.0897. The molecule has 2 aromatic rings. The molecule has 14 heteroatoms. The van der Waals surface area contributed by atoms with Gasteiger partial charge in [0.25, 0.3) is 5.91 Å². The van der Waals surface area contributed by atoms with Crippen molar-refractivity contribution in [3.05, 3.63) is 75.3 Å². The lowest BCUT2D eigenvalue weighted by atomic mass is 9.95. The summed E-state index contributed by atoms with van der Waals surface area (Å²) in [5.41, 5.74) is -4.36. The van der Waals surface area contributed by atoms with Gasteiger partial charge in [-0.3, -0.25) is 9.59 Å². The molecule has 1 aliphatic rings. The Morgan fingerprint density at radius 3 is 2.15 bits per heavy atom. The number of nitrogens with one attached hydrogen (secondary N) is 2. The third-order valence-electron chi connectivity index (χ3n) is 5.96. The molecule has 0 saturated heterocycles. The van der Waals surface area contributed by atoms with Gasteiger partial charge in [-0.15, -0.1) is 0 Å². The van der Waals surface area contributed by atoms with Crippen LogP contribution >= 0.6 is 11.6 Å². The molecular weight excluding hydrogens is 567 g/mol. The lowest BCUT2D eigenvalue weighted by molar-refractivity contribution is -0.140. The largest absolute Gasteiger partial charge is 0.417 e. The molecule has 1 aliphatic carbocycles. The van der Waals surface area contributed by atoms with Crippen molar-refractivity contribution in [3.8, 4) is 0 Å². The first kappa shape index (κ1) is 30.3. The Labute approximate surface area is 221 Å². The summed E-state index contributed by atoms with van der Waals surface area (Å²) in [5, 5.41) is 3.88. The van der Waals surface area contributed by atoms with Gasteiger partial charge < -0.3 is 10.6 Å². The van der Waals surface area contributed by atoms with Crippen molar-refractivity contribution in [2.24, 2.45) is 0 Å². The summed E-state index contributed by atoms with van der Waals surface area (Å²) in [6, 6.07) is 5.78. The van der Waals surface area contributed by atoms with Crippen LogP contribution in [0.25, 0.3) is 6.08 Å². The first-order valence-electron chi connectivity index (χ1n) is 11.2. The van der Waals surface area contributed by atoms with Crippen molar-refractivity contribution in [1.82, 2.24) is 10.6 Å². The number of amides is 2. The van der Waals surface area contributed by atoms with Crippen LogP contribution in [-0.2, 0) is 11.0 Å². The Morgan fingerprint density at radius 2 is 1.64 bits per heavy atom. The minimum Gasteiger partial charge on any atom is -0.345 e. The molecule has 0 aliphatic heterocycles. The van der Waals surface area contributed by atoms with E-state index in [0.717, 1.165) is 24.3 Å². The fourth-order valence-corrected chi connectivity index (χ4v) is 3.86. The van der Waals surface area contributed by atoms with Gasteiger partial charge in [0.1, 0.15) is 12.1 Å². The number of halogens is 10. The van der Waals surface area contributed by atoms with Crippen LogP contribution in [0.2, 0.25) is 5.02 Å². The molecule has 0 aromatic heterocycles. The fraction of sp³-hybridized carbons (Fsp3) is 0.360. The number of benzene rings is 2. The number of aryl methyl sites for hydroxylation is 1. The second kappa shape index (κ2) is 10.7. The molecule has 4 nitrogen and oxygen atoms in total. The van der Waals surface area contributed by atoms with Crippen LogP contribution in [0.3, 0.4) is 0 Å². The van der Waals surface area contributed by atoms with Crippen LogP contribution in [0.1, 0.15) is 51.4 Å². The maximum absolute atomic E-state index is 13.8. The predicted octanol–water partition coefficient (Wildman–Crippen LogP) is 6.97. The van der Waals surface area contributed by atoms with E-state index in [1.54, 1.807) is 5.32 Å². The summed E-state index contributed by atoms with van der Waals surface area (Å²) >= 11 is 5.86. The zero-order valence-corrected chi connectivity index (χ0v) is 20.7. The van der Waals surface area contributed by atoms with Crippen LogP contribution in [0.4, 0.5) is 39.5 Å². The molecule has 1 saturated carbocycles. The molecule has 0 radical (unpaired) electrons. The standard InChI is InChI=1S/C25H20ClF9N2O2/c1-13-10-15(4-7-19(13)26)17(24(30,31)32)6-3-14-2-5-16(18(11-14)25(33,34)35)20(38)37-22(8-9-22)21(39)36-12-23(27,28)29/h2-7,10-11,17H,8-9,12H2,1H3,(H,36,39)(H,37,38)/b6-3+. The molecule has 0 heterocycles. The SMILES string of the molecule is Cc1cc(C(/C=C/c2ccc(C(=O)NC3(C(=O)NCC(F)(F)F)CC3)c(C(F)(F)F)c2)C(F)(F)F)ccc1Cl. The zero-order valence-electron chi connectivity index (χ0n) is 19.9. The van der Waals surface area contributed by atoms with Crippen molar-refractivity contribution in [1.29, 1.82) is 0 Å². The summed E-state index contributed by atoms with van der Waals surface area (Å²) in [7, 11) is 0. The molecule has 1 unspecified atom stereocenters. The summed E-state index contributed by atoms with van der Waals surface area (Å²) < 4.78 is 120. The molecule has 1 atom stereocenters. The van der Waals surface area contributed by atoms with Crippen LogP contribution in [-0.4, -0.2) is 36.3 Å². The molecular formula is C25H20ClF9N2O2. The second-order valence-corrected chi connectivity index (χ2v) is 9.43. The van der Waals surface area contributed by atoms with E-state index in [1.165, 1.54) is 19.1 Å². The van der Waals surface area contributed by atoms with E-state index < -0.39 is 59.5 Å². The topological polar surface area (TPSA) is 58.2 Å². The maximum Gasteiger partial charge on any atom is 0.417 e.